The van der Waals surface area contributed by atoms with Gasteiger partial charge in [-0.2, -0.15) is 0 Å². The molecule has 0 amide bonds. The van der Waals surface area contributed by atoms with E-state index in [2.05, 4.69) is 21.2 Å². The summed E-state index contributed by atoms with van der Waals surface area (Å²) in [6.45, 7) is 3.41. The quantitative estimate of drug-likeness (QED) is 0.917. The minimum atomic E-state index is 0.608. The Bertz CT molecular complexity index is 486. The van der Waals surface area contributed by atoms with Crippen LogP contribution in [0, 0.1) is 5.92 Å². The van der Waals surface area contributed by atoms with Crippen molar-refractivity contribution in [3.8, 4) is 17.2 Å². The molecule has 2 heterocycles. The van der Waals surface area contributed by atoms with Crippen molar-refractivity contribution in [2.45, 2.75) is 19.3 Å². The van der Waals surface area contributed by atoms with Gasteiger partial charge in [0.25, 0.3) is 0 Å². The van der Waals surface area contributed by atoms with Gasteiger partial charge in [0.15, 0.2) is 11.5 Å². The number of hydrogen-bond donors (Lipinski definition) is 1. The van der Waals surface area contributed by atoms with E-state index in [9.17, 15) is 0 Å². The fraction of sp³-hybridized carbons (Fsp3) is 0.600. The molecular formula is C15H20BrNO3. The normalized spacial score (nSPS) is 18.9. The van der Waals surface area contributed by atoms with Crippen LogP contribution in [-0.2, 0) is 6.42 Å². The van der Waals surface area contributed by atoms with Crippen molar-refractivity contribution < 1.29 is 14.2 Å². The van der Waals surface area contributed by atoms with E-state index >= 15 is 0 Å². The number of hydrogen-bond acceptors (Lipinski definition) is 4. The van der Waals surface area contributed by atoms with Crippen LogP contribution in [0.4, 0.5) is 0 Å². The summed E-state index contributed by atoms with van der Waals surface area (Å²) in [5.41, 5.74) is 1.14. The van der Waals surface area contributed by atoms with Crippen molar-refractivity contribution in [1.82, 2.24) is 5.32 Å². The lowest BCUT2D eigenvalue weighted by molar-refractivity contribution is 0.167. The molecule has 2 aliphatic heterocycles. The molecule has 0 radical (unpaired) electrons. The average molecular weight is 342 g/mol. The van der Waals surface area contributed by atoms with Crippen LogP contribution in [0.1, 0.15) is 18.4 Å². The van der Waals surface area contributed by atoms with Crippen LogP contribution in [0.5, 0.6) is 17.2 Å². The fourth-order valence-corrected chi connectivity index (χ4v) is 3.59. The molecule has 0 saturated carbocycles. The fourth-order valence-electron chi connectivity index (χ4n) is 2.98. The lowest BCUT2D eigenvalue weighted by atomic mass is 9.90. The minimum absolute atomic E-state index is 0.608. The van der Waals surface area contributed by atoms with E-state index < -0.39 is 0 Å². The molecule has 1 aromatic rings. The zero-order valence-corrected chi connectivity index (χ0v) is 13.3. The monoisotopic (exact) mass is 341 g/mol. The third kappa shape index (κ3) is 2.74. The van der Waals surface area contributed by atoms with Crippen molar-refractivity contribution in [2.24, 2.45) is 5.92 Å². The van der Waals surface area contributed by atoms with E-state index in [1.165, 1.54) is 12.8 Å². The summed E-state index contributed by atoms with van der Waals surface area (Å²) in [5, 5.41) is 3.41. The molecular weight excluding hydrogens is 322 g/mol. The molecule has 0 unspecified atom stereocenters. The van der Waals surface area contributed by atoms with E-state index in [4.69, 9.17) is 14.2 Å². The first kappa shape index (κ1) is 14.0. The molecule has 1 N–H and O–H groups in total. The van der Waals surface area contributed by atoms with Crippen LogP contribution in [0.3, 0.4) is 0 Å². The molecule has 0 aliphatic carbocycles. The summed E-state index contributed by atoms with van der Waals surface area (Å²) < 4.78 is 18.1. The highest BCUT2D eigenvalue weighted by Crippen LogP contribution is 2.45. The first-order chi connectivity index (χ1) is 9.79. The maximum atomic E-state index is 5.85. The summed E-state index contributed by atoms with van der Waals surface area (Å²) in [4.78, 5) is 0. The third-order valence-corrected chi connectivity index (χ3v) is 4.58. The van der Waals surface area contributed by atoms with Gasteiger partial charge in [-0.25, -0.2) is 0 Å². The molecule has 0 bridgehead atoms. The van der Waals surface area contributed by atoms with E-state index in [1.54, 1.807) is 7.11 Å². The number of piperidine rings is 1. The van der Waals surface area contributed by atoms with E-state index in [-0.39, 0.29) is 0 Å². The van der Waals surface area contributed by atoms with Crippen LogP contribution in [-0.4, -0.2) is 33.4 Å². The van der Waals surface area contributed by atoms with Gasteiger partial charge in [-0.05, 0) is 54.2 Å². The van der Waals surface area contributed by atoms with Gasteiger partial charge in [0, 0.05) is 11.6 Å². The summed E-state index contributed by atoms with van der Waals surface area (Å²) in [5.74, 6) is 3.25. The Kier molecular flexibility index (Phi) is 4.36. The van der Waals surface area contributed by atoms with Gasteiger partial charge in [-0.15, -0.1) is 0 Å². The summed E-state index contributed by atoms with van der Waals surface area (Å²) in [7, 11) is 1.71. The van der Waals surface area contributed by atoms with Crippen molar-refractivity contribution in [2.75, 3.05) is 33.4 Å². The van der Waals surface area contributed by atoms with Crippen LogP contribution in [0.2, 0.25) is 0 Å². The van der Waals surface area contributed by atoms with Gasteiger partial charge >= 0.3 is 0 Å². The number of methoxy groups -OCH3 is 1. The first-order valence-corrected chi connectivity index (χ1v) is 7.94. The van der Waals surface area contributed by atoms with Crippen molar-refractivity contribution >= 4 is 15.9 Å². The Balaban J connectivity index is 1.95. The van der Waals surface area contributed by atoms with Crippen LogP contribution in [0.25, 0.3) is 0 Å². The minimum Gasteiger partial charge on any atom is -0.495 e. The largest absolute Gasteiger partial charge is 0.495 e. The predicted molar refractivity (Wildman–Crippen MR) is 81.0 cm³/mol. The number of rotatable bonds is 3. The Morgan fingerprint density at radius 1 is 1.30 bits per heavy atom. The molecule has 0 spiro atoms. The van der Waals surface area contributed by atoms with Gasteiger partial charge in [0.2, 0.25) is 0 Å². The maximum absolute atomic E-state index is 5.85. The Hall–Kier alpha value is -0.940. The molecule has 1 fully saturated rings. The molecule has 110 valence electrons. The molecule has 1 aromatic carbocycles. The molecule has 0 aromatic heterocycles. The topological polar surface area (TPSA) is 39.7 Å². The SMILES string of the molecule is COc1c(Br)cc2c(c1CC1CCNCC1)OCCO2. The predicted octanol–water partition coefficient (Wildman–Crippen LogP) is 2.77. The molecule has 20 heavy (non-hydrogen) atoms. The number of halogens is 1. The van der Waals surface area contributed by atoms with Crippen molar-refractivity contribution in [3.05, 3.63) is 16.1 Å². The molecule has 5 heteroatoms. The van der Waals surface area contributed by atoms with Crippen molar-refractivity contribution in [3.63, 3.8) is 0 Å². The average Bonchev–Trinajstić information content (AvgIpc) is 2.48. The van der Waals surface area contributed by atoms with Gasteiger partial charge in [-0.1, -0.05) is 0 Å². The van der Waals surface area contributed by atoms with Gasteiger partial charge in [0.1, 0.15) is 19.0 Å². The Labute approximate surface area is 127 Å². The number of nitrogens with one attached hydrogen (secondary N) is 1. The van der Waals surface area contributed by atoms with Crippen LogP contribution >= 0.6 is 15.9 Å². The molecule has 4 nitrogen and oxygen atoms in total. The molecule has 2 aliphatic rings. The molecule has 1 saturated heterocycles. The van der Waals surface area contributed by atoms with E-state index in [0.29, 0.717) is 19.1 Å². The number of ether oxygens (including phenoxy) is 3. The highest BCUT2D eigenvalue weighted by molar-refractivity contribution is 9.10. The molecule has 3 rings (SSSR count). The van der Waals surface area contributed by atoms with E-state index in [0.717, 1.165) is 46.8 Å². The lowest BCUT2D eigenvalue weighted by Gasteiger charge is -2.27. The molecule has 0 atom stereocenters. The van der Waals surface area contributed by atoms with Gasteiger partial charge in [-0.3, -0.25) is 0 Å². The summed E-state index contributed by atoms with van der Waals surface area (Å²) in [6.07, 6.45) is 3.38. The maximum Gasteiger partial charge on any atom is 0.168 e. The highest BCUT2D eigenvalue weighted by atomic mass is 79.9. The highest BCUT2D eigenvalue weighted by Gasteiger charge is 2.25. The third-order valence-electron chi connectivity index (χ3n) is 3.99. The first-order valence-electron chi connectivity index (χ1n) is 7.15. The standard InChI is InChI=1S/C15H20BrNO3/c1-18-14-11(8-10-2-4-17-5-3-10)15-13(9-12(14)16)19-6-7-20-15/h9-10,17H,2-8H2,1H3. The number of benzene rings is 1. The van der Waals surface area contributed by atoms with Crippen LogP contribution < -0.4 is 19.5 Å². The Morgan fingerprint density at radius 2 is 2.05 bits per heavy atom. The second-order valence-corrected chi connectivity index (χ2v) is 6.15. The Morgan fingerprint density at radius 3 is 2.80 bits per heavy atom. The zero-order valence-electron chi connectivity index (χ0n) is 11.7. The zero-order chi connectivity index (χ0) is 13.9. The lowest BCUT2D eigenvalue weighted by Crippen LogP contribution is -2.29. The van der Waals surface area contributed by atoms with Crippen LogP contribution in [0.15, 0.2) is 10.5 Å². The van der Waals surface area contributed by atoms with Gasteiger partial charge in [0.05, 0.1) is 11.6 Å². The summed E-state index contributed by atoms with van der Waals surface area (Å²) >= 11 is 3.58. The number of fused-ring (bicyclic) bond motifs is 1. The smallest absolute Gasteiger partial charge is 0.168 e. The second-order valence-electron chi connectivity index (χ2n) is 5.29. The second kappa shape index (κ2) is 6.22. The van der Waals surface area contributed by atoms with Gasteiger partial charge < -0.3 is 19.5 Å². The van der Waals surface area contributed by atoms with Crippen molar-refractivity contribution in [1.29, 1.82) is 0 Å². The summed E-state index contributed by atoms with van der Waals surface area (Å²) in [6, 6.07) is 1.94. The van der Waals surface area contributed by atoms with E-state index in [1.807, 2.05) is 6.07 Å².